The van der Waals surface area contributed by atoms with E-state index < -0.39 is 0 Å². The van der Waals surface area contributed by atoms with Gasteiger partial charge in [-0.1, -0.05) is 0 Å². The summed E-state index contributed by atoms with van der Waals surface area (Å²) in [5.41, 5.74) is 3.44. The number of aryl methyl sites for hydroxylation is 1. The summed E-state index contributed by atoms with van der Waals surface area (Å²) in [6, 6.07) is 7.86. The maximum Gasteiger partial charge on any atom is 0.224 e. The van der Waals surface area contributed by atoms with E-state index in [0.29, 0.717) is 13.0 Å². The smallest absolute Gasteiger partial charge is 0.224 e. The Labute approximate surface area is 154 Å². The van der Waals surface area contributed by atoms with Crippen molar-refractivity contribution in [3.8, 4) is 17.0 Å². The van der Waals surface area contributed by atoms with Crippen molar-refractivity contribution >= 4 is 5.91 Å². The Balaban J connectivity index is 1.71. The van der Waals surface area contributed by atoms with E-state index in [1.807, 2.05) is 31.2 Å². The van der Waals surface area contributed by atoms with E-state index in [0.717, 1.165) is 41.1 Å². The number of ether oxygens (including phenoxy) is 2. The number of H-pyrrole nitrogens is 1. The lowest BCUT2D eigenvalue weighted by Crippen LogP contribution is -2.46. The lowest BCUT2D eigenvalue weighted by Gasteiger charge is -2.35. The molecule has 6 nitrogen and oxygen atoms in total. The minimum Gasteiger partial charge on any atom is -0.497 e. The predicted octanol–water partition coefficient (Wildman–Crippen LogP) is 3.01. The van der Waals surface area contributed by atoms with E-state index in [9.17, 15) is 4.79 Å². The molecule has 0 saturated carbocycles. The van der Waals surface area contributed by atoms with Crippen molar-refractivity contribution in [3.63, 3.8) is 0 Å². The van der Waals surface area contributed by atoms with Gasteiger partial charge in [0.05, 0.1) is 24.8 Å². The zero-order valence-corrected chi connectivity index (χ0v) is 15.9. The molecule has 2 heterocycles. The van der Waals surface area contributed by atoms with E-state index in [1.54, 1.807) is 7.11 Å². The van der Waals surface area contributed by atoms with Crippen LogP contribution in [0.15, 0.2) is 24.3 Å². The van der Waals surface area contributed by atoms with Crippen molar-refractivity contribution in [2.75, 3.05) is 13.7 Å². The average molecular weight is 357 g/mol. The van der Waals surface area contributed by atoms with E-state index in [2.05, 4.69) is 29.4 Å². The zero-order valence-electron chi connectivity index (χ0n) is 15.9. The van der Waals surface area contributed by atoms with Gasteiger partial charge in [-0.25, -0.2) is 0 Å². The van der Waals surface area contributed by atoms with Crippen molar-refractivity contribution in [3.05, 3.63) is 35.5 Å². The normalized spacial score (nSPS) is 19.2. The summed E-state index contributed by atoms with van der Waals surface area (Å²) in [7, 11) is 1.64. The molecule has 2 N–H and O–H groups in total. The second-order valence-corrected chi connectivity index (χ2v) is 7.45. The van der Waals surface area contributed by atoms with Crippen molar-refractivity contribution in [2.45, 2.75) is 51.7 Å². The number of aromatic amines is 1. The Kier molecular flexibility index (Phi) is 5.32. The van der Waals surface area contributed by atoms with Crippen LogP contribution < -0.4 is 10.1 Å². The van der Waals surface area contributed by atoms with Crippen LogP contribution >= 0.6 is 0 Å². The SMILES string of the molecule is COc1ccc(-c2n[nH]c(C)c2CC(=O)NC2CCOC(C)(C)C2)cc1. The van der Waals surface area contributed by atoms with Gasteiger partial charge in [-0.15, -0.1) is 0 Å². The molecule has 0 aliphatic carbocycles. The van der Waals surface area contributed by atoms with E-state index in [1.165, 1.54) is 0 Å². The lowest BCUT2D eigenvalue weighted by molar-refractivity contribution is -0.123. The molecule has 1 atom stereocenters. The van der Waals surface area contributed by atoms with Crippen LogP contribution in [0, 0.1) is 6.92 Å². The van der Waals surface area contributed by atoms with Gasteiger partial charge in [-0.3, -0.25) is 9.89 Å². The monoisotopic (exact) mass is 357 g/mol. The van der Waals surface area contributed by atoms with Gasteiger partial charge < -0.3 is 14.8 Å². The number of hydrogen-bond donors (Lipinski definition) is 2. The Morgan fingerprint density at radius 2 is 2.12 bits per heavy atom. The third kappa shape index (κ3) is 4.25. The second kappa shape index (κ2) is 7.50. The first-order valence-electron chi connectivity index (χ1n) is 8.99. The van der Waals surface area contributed by atoms with E-state index >= 15 is 0 Å². The topological polar surface area (TPSA) is 76.2 Å². The molecule has 1 aliphatic heterocycles. The van der Waals surface area contributed by atoms with Gasteiger partial charge in [0.1, 0.15) is 5.75 Å². The molecule has 0 bridgehead atoms. The number of carbonyl (C=O) groups is 1. The summed E-state index contributed by atoms with van der Waals surface area (Å²) in [6.45, 7) is 6.75. The van der Waals surface area contributed by atoms with Crippen molar-refractivity contribution in [1.29, 1.82) is 0 Å². The quantitative estimate of drug-likeness (QED) is 0.862. The predicted molar refractivity (Wildman–Crippen MR) is 100 cm³/mol. The highest BCUT2D eigenvalue weighted by molar-refractivity contribution is 5.82. The summed E-state index contributed by atoms with van der Waals surface area (Å²) >= 11 is 0. The summed E-state index contributed by atoms with van der Waals surface area (Å²) in [6.07, 6.45) is 1.99. The first-order chi connectivity index (χ1) is 12.4. The van der Waals surface area contributed by atoms with Crippen molar-refractivity contribution < 1.29 is 14.3 Å². The maximum absolute atomic E-state index is 12.6. The molecule has 1 saturated heterocycles. The van der Waals surface area contributed by atoms with Gasteiger partial charge in [0.2, 0.25) is 5.91 Å². The molecule has 1 fully saturated rings. The number of amides is 1. The van der Waals surface area contributed by atoms with E-state index in [-0.39, 0.29) is 17.6 Å². The number of methoxy groups -OCH3 is 1. The fraction of sp³-hybridized carbons (Fsp3) is 0.500. The van der Waals surface area contributed by atoms with Gasteiger partial charge in [0.15, 0.2) is 0 Å². The first kappa shape index (κ1) is 18.5. The second-order valence-electron chi connectivity index (χ2n) is 7.45. The number of hydrogen-bond acceptors (Lipinski definition) is 4. The van der Waals surface area contributed by atoms with Crippen LogP contribution in [0.25, 0.3) is 11.3 Å². The molecule has 1 unspecified atom stereocenters. The fourth-order valence-corrected chi connectivity index (χ4v) is 3.45. The number of nitrogens with one attached hydrogen (secondary N) is 2. The lowest BCUT2D eigenvalue weighted by atomic mass is 9.93. The van der Waals surface area contributed by atoms with Crippen LogP contribution in [0.2, 0.25) is 0 Å². The van der Waals surface area contributed by atoms with Crippen molar-refractivity contribution in [1.82, 2.24) is 15.5 Å². The molecule has 1 aromatic carbocycles. The number of benzene rings is 1. The van der Waals surface area contributed by atoms with Crippen molar-refractivity contribution in [2.24, 2.45) is 0 Å². The summed E-state index contributed by atoms with van der Waals surface area (Å²) in [4.78, 5) is 12.6. The molecular weight excluding hydrogens is 330 g/mol. The van der Waals surface area contributed by atoms with Gasteiger partial charge in [-0.2, -0.15) is 5.10 Å². The molecule has 140 valence electrons. The third-order valence-corrected chi connectivity index (χ3v) is 4.84. The Morgan fingerprint density at radius 1 is 1.38 bits per heavy atom. The van der Waals surface area contributed by atoms with Crippen LogP contribution in [-0.2, 0) is 16.0 Å². The van der Waals surface area contributed by atoms with Crippen LogP contribution in [-0.4, -0.2) is 41.5 Å². The van der Waals surface area contributed by atoms with Gasteiger partial charge in [-0.05, 0) is 57.9 Å². The number of aromatic nitrogens is 2. The average Bonchev–Trinajstić information content (AvgIpc) is 2.95. The molecular formula is C20H27N3O3. The van der Waals surface area contributed by atoms with Crippen LogP contribution in [0.1, 0.15) is 37.9 Å². The van der Waals surface area contributed by atoms with Gasteiger partial charge in [0.25, 0.3) is 0 Å². The summed E-state index contributed by atoms with van der Waals surface area (Å²) < 4.78 is 10.9. The third-order valence-electron chi connectivity index (χ3n) is 4.84. The molecule has 0 spiro atoms. The van der Waals surface area contributed by atoms with Crippen LogP contribution in [0.3, 0.4) is 0 Å². The molecule has 2 aromatic rings. The number of rotatable bonds is 5. The Morgan fingerprint density at radius 3 is 2.77 bits per heavy atom. The van der Waals surface area contributed by atoms with Crippen LogP contribution in [0.4, 0.5) is 0 Å². The summed E-state index contributed by atoms with van der Waals surface area (Å²) in [5.74, 6) is 0.814. The Bertz CT molecular complexity index is 765. The van der Waals surface area contributed by atoms with Gasteiger partial charge >= 0.3 is 0 Å². The molecule has 6 heteroatoms. The molecule has 1 aliphatic rings. The van der Waals surface area contributed by atoms with Gasteiger partial charge in [0, 0.05) is 29.5 Å². The number of nitrogens with zero attached hydrogens (tertiary/aromatic N) is 1. The number of carbonyl (C=O) groups excluding carboxylic acids is 1. The molecule has 1 amide bonds. The largest absolute Gasteiger partial charge is 0.497 e. The first-order valence-corrected chi connectivity index (χ1v) is 8.99. The minimum absolute atomic E-state index is 0.0203. The highest BCUT2D eigenvalue weighted by Gasteiger charge is 2.30. The molecule has 26 heavy (non-hydrogen) atoms. The minimum atomic E-state index is -0.185. The van der Waals surface area contributed by atoms with Crippen LogP contribution in [0.5, 0.6) is 5.75 Å². The Hall–Kier alpha value is -2.34. The molecule has 0 radical (unpaired) electrons. The zero-order chi connectivity index (χ0) is 18.7. The summed E-state index contributed by atoms with van der Waals surface area (Å²) in [5, 5.41) is 10.6. The molecule has 3 rings (SSSR count). The van der Waals surface area contributed by atoms with E-state index in [4.69, 9.17) is 9.47 Å². The molecule has 1 aromatic heterocycles. The maximum atomic E-state index is 12.6. The fourth-order valence-electron chi connectivity index (χ4n) is 3.45. The highest BCUT2D eigenvalue weighted by atomic mass is 16.5. The standard InChI is InChI=1S/C20H27N3O3/c1-13-17(11-18(24)21-15-9-10-26-20(2,3)12-15)19(23-22-13)14-5-7-16(25-4)8-6-14/h5-8,15H,9-12H2,1-4H3,(H,21,24)(H,22,23). The highest BCUT2D eigenvalue weighted by Crippen LogP contribution is 2.27.